The third kappa shape index (κ3) is 2.63. The molecule has 1 aromatic heterocycles. The van der Waals surface area contributed by atoms with Crippen molar-refractivity contribution in [2.45, 2.75) is 44.6 Å². The average Bonchev–Trinajstić information content (AvgIpc) is 3.19. The highest BCUT2D eigenvalue weighted by Gasteiger charge is 2.33. The lowest BCUT2D eigenvalue weighted by Crippen LogP contribution is -2.35. The summed E-state index contributed by atoms with van der Waals surface area (Å²) in [6.45, 7) is 0. The van der Waals surface area contributed by atoms with Gasteiger partial charge in [-0.25, -0.2) is 8.42 Å². The number of rotatable bonds is 5. The first-order valence-electron chi connectivity index (χ1n) is 7.45. The van der Waals surface area contributed by atoms with Crippen molar-refractivity contribution in [3.05, 3.63) is 17.5 Å². The van der Waals surface area contributed by atoms with E-state index in [4.69, 9.17) is 0 Å². The molecule has 6 heteroatoms. The first-order valence-corrected chi connectivity index (χ1v) is 9.06. The molecule has 0 aliphatic heterocycles. The number of hydrogen-bond acceptors (Lipinski definition) is 3. The molecule has 2 aliphatic carbocycles. The number of aromatic nitrogens is 2. The highest BCUT2D eigenvalue weighted by Crippen LogP contribution is 2.36. The first-order chi connectivity index (χ1) is 9.49. The molecular formula is C14H23N3O2S. The molecule has 5 nitrogen and oxygen atoms in total. The van der Waals surface area contributed by atoms with Crippen molar-refractivity contribution < 1.29 is 8.42 Å². The minimum absolute atomic E-state index is 0.0309. The Bertz CT molecular complexity index is 590. The van der Waals surface area contributed by atoms with Crippen molar-refractivity contribution in [1.82, 2.24) is 14.1 Å². The van der Waals surface area contributed by atoms with Crippen LogP contribution in [0, 0.1) is 5.92 Å². The van der Waals surface area contributed by atoms with Crippen LogP contribution in [0.3, 0.4) is 0 Å². The summed E-state index contributed by atoms with van der Waals surface area (Å²) < 4.78 is 28.4. The van der Waals surface area contributed by atoms with Crippen molar-refractivity contribution in [3.8, 4) is 0 Å². The highest BCUT2D eigenvalue weighted by atomic mass is 32.2. The van der Waals surface area contributed by atoms with Crippen molar-refractivity contribution in [2.75, 3.05) is 12.8 Å². The molecule has 112 valence electrons. The number of sulfonamides is 1. The third-order valence-corrected chi connectivity index (χ3v) is 6.59. The van der Waals surface area contributed by atoms with Gasteiger partial charge in [0, 0.05) is 25.4 Å². The van der Waals surface area contributed by atoms with Gasteiger partial charge in [0.1, 0.15) is 0 Å². The summed E-state index contributed by atoms with van der Waals surface area (Å²) in [5, 5.41) is 4.29. The van der Waals surface area contributed by atoms with Gasteiger partial charge in [0.25, 0.3) is 0 Å². The van der Waals surface area contributed by atoms with Crippen LogP contribution < -0.4 is 0 Å². The molecule has 3 rings (SSSR count). The van der Waals surface area contributed by atoms with E-state index in [2.05, 4.69) is 5.10 Å². The van der Waals surface area contributed by atoms with E-state index in [0.717, 1.165) is 31.2 Å². The van der Waals surface area contributed by atoms with Crippen LogP contribution in [0.25, 0.3) is 0 Å². The molecule has 1 unspecified atom stereocenters. The van der Waals surface area contributed by atoms with Crippen LogP contribution in [0.2, 0.25) is 0 Å². The van der Waals surface area contributed by atoms with Crippen LogP contribution in [0.4, 0.5) is 0 Å². The molecule has 0 bridgehead atoms. The van der Waals surface area contributed by atoms with E-state index >= 15 is 0 Å². The predicted octanol–water partition coefficient (Wildman–Crippen LogP) is 1.86. The van der Waals surface area contributed by atoms with E-state index in [-0.39, 0.29) is 6.04 Å². The minimum Gasteiger partial charge on any atom is -0.272 e. The molecule has 1 atom stereocenters. The quantitative estimate of drug-likeness (QED) is 0.833. The Balaban J connectivity index is 1.78. The summed E-state index contributed by atoms with van der Waals surface area (Å²) in [6.07, 6.45) is 7.99. The van der Waals surface area contributed by atoms with Gasteiger partial charge < -0.3 is 0 Å². The maximum absolute atomic E-state index is 12.5. The molecule has 1 heterocycles. The molecule has 20 heavy (non-hydrogen) atoms. The third-order valence-electron chi connectivity index (χ3n) is 4.70. The molecule has 1 aromatic rings. The normalized spacial score (nSPS) is 23.1. The zero-order valence-corrected chi connectivity index (χ0v) is 13.1. The SMILES string of the molecule is CN(C1CCCc2c1cnn2C)S(=O)(=O)CCC1CC1. The molecule has 0 radical (unpaired) electrons. The standard InChI is InChI=1S/C14H23N3O2S/c1-16-13-4-3-5-14(12(13)10-15-16)17(2)20(18,19)9-8-11-6-7-11/h10-11,14H,3-9H2,1-2H3. The van der Waals surface area contributed by atoms with Gasteiger partial charge in [-0.3, -0.25) is 4.68 Å². The van der Waals surface area contributed by atoms with Crippen LogP contribution in [0.5, 0.6) is 0 Å². The second-order valence-corrected chi connectivity index (χ2v) is 8.29. The van der Waals surface area contributed by atoms with Gasteiger partial charge >= 0.3 is 0 Å². The van der Waals surface area contributed by atoms with Gasteiger partial charge in [0.15, 0.2) is 0 Å². The van der Waals surface area contributed by atoms with Crippen molar-refractivity contribution in [3.63, 3.8) is 0 Å². The van der Waals surface area contributed by atoms with E-state index in [0.29, 0.717) is 11.7 Å². The molecule has 0 aromatic carbocycles. The number of aryl methyl sites for hydroxylation is 1. The fraction of sp³-hybridized carbons (Fsp3) is 0.786. The summed E-state index contributed by atoms with van der Waals surface area (Å²) in [7, 11) is 0.512. The lowest BCUT2D eigenvalue weighted by Gasteiger charge is -2.30. The number of hydrogen-bond donors (Lipinski definition) is 0. The van der Waals surface area contributed by atoms with Gasteiger partial charge in [0.2, 0.25) is 10.0 Å². The molecule has 0 amide bonds. The lowest BCUT2D eigenvalue weighted by atomic mass is 9.93. The predicted molar refractivity (Wildman–Crippen MR) is 77.8 cm³/mol. The van der Waals surface area contributed by atoms with Crippen LogP contribution in [0.1, 0.15) is 49.4 Å². The molecule has 0 saturated heterocycles. The average molecular weight is 297 g/mol. The van der Waals surface area contributed by atoms with E-state index in [1.807, 2.05) is 17.9 Å². The number of fused-ring (bicyclic) bond motifs is 1. The zero-order valence-electron chi connectivity index (χ0n) is 12.2. The van der Waals surface area contributed by atoms with E-state index in [1.165, 1.54) is 18.5 Å². The maximum atomic E-state index is 12.5. The van der Waals surface area contributed by atoms with Gasteiger partial charge in [0.05, 0.1) is 18.0 Å². The maximum Gasteiger partial charge on any atom is 0.214 e. The summed E-state index contributed by atoms with van der Waals surface area (Å²) in [5.74, 6) is 0.943. The van der Waals surface area contributed by atoms with Crippen molar-refractivity contribution >= 4 is 10.0 Å². The number of nitrogens with zero attached hydrogens (tertiary/aromatic N) is 3. The lowest BCUT2D eigenvalue weighted by molar-refractivity contribution is 0.334. The van der Waals surface area contributed by atoms with Crippen LogP contribution in [-0.4, -0.2) is 35.3 Å². The monoisotopic (exact) mass is 297 g/mol. The van der Waals surface area contributed by atoms with E-state index in [9.17, 15) is 8.42 Å². The summed E-state index contributed by atoms with van der Waals surface area (Å²) in [4.78, 5) is 0. The Morgan fingerprint density at radius 2 is 2.15 bits per heavy atom. The van der Waals surface area contributed by atoms with Crippen LogP contribution in [0.15, 0.2) is 6.20 Å². The zero-order chi connectivity index (χ0) is 14.3. The summed E-state index contributed by atoms with van der Waals surface area (Å²) in [6, 6.07) is -0.0309. The fourth-order valence-electron chi connectivity index (χ4n) is 3.12. The highest BCUT2D eigenvalue weighted by molar-refractivity contribution is 7.89. The molecular weight excluding hydrogens is 274 g/mol. The minimum atomic E-state index is -3.15. The Morgan fingerprint density at radius 3 is 2.85 bits per heavy atom. The van der Waals surface area contributed by atoms with E-state index in [1.54, 1.807) is 11.4 Å². The summed E-state index contributed by atoms with van der Waals surface area (Å²) in [5.41, 5.74) is 2.28. The largest absolute Gasteiger partial charge is 0.272 e. The molecule has 1 saturated carbocycles. The van der Waals surface area contributed by atoms with Crippen molar-refractivity contribution in [1.29, 1.82) is 0 Å². The Morgan fingerprint density at radius 1 is 1.40 bits per heavy atom. The van der Waals surface area contributed by atoms with Gasteiger partial charge in [-0.05, 0) is 31.6 Å². The molecule has 2 aliphatic rings. The second-order valence-electron chi connectivity index (χ2n) is 6.14. The molecule has 0 spiro atoms. The van der Waals surface area contributed by atoms with Gasteiger partial charge in [-0.2, -0.15) is 9.40 Å². The van der Waals surface area contributed by atoms with Gasteiger partial charge in [-0.15, -0.1) is 0 Å². The van der Waals surface area contributed by atoms with E-state index < -0.39 is 10.0 Å². The smallest absolute Gasteiger partial charge is 0.214 e. The summed E-state index contributed by atoms with van der Waals surface area (Å²) >= 11 is 0. The Kier molecular flexibility index (Phi) is 3.62. The van der Waals surface area contributed by atoms with Crippen molar-refractivity contribution in [2.24, 2.45) is 13.0 Å². The van der Waals surface area contributed by atoms with Crippen LogP contribution in [-0.2, 0) is 23.5 Å². The van der Waals surface area contributed by atoms with Gasteiger partial charge in [-0.1, -0.05) is 12.8 Å². The van der Waals surface area contributed by atoms with Crippen LogP contribution >= 0.6 is 0 Å². The first kappa shape index (κ1) is 14.1. The Labute approximate surface area is 121 Å². The Hall–Kier alpha value is -0.880. The second kappa shape index (κ2) is 5.15. The fourth-order valence-corrected chi connectivity index (χ4v) is 4.65. The topological polar surface area (TPSA) is 55.2 Å². The molecule has 0 N–H and O–H groups in total. The molecule has 1 fully saturated rings.